The summed E-state index contributed by atoms with van der Waals surface area (Å²) in [5, 5.41) is 0. The molecule has 0 amide bonds. The first-order valence-corrected chi connectivity index (χ1v) is 2.71. The van der Waals surface area contributed by atoms with E-state index in [2.05, 4.69) is 32.6 Å². The summed E-state index contributed by atoms with van der Waals surface area (Å²) in [5.74, 6) is 0. The normalized spacial score (nSPS) is 6.15. The van der Waals surface area contributed by atoms with E-state index in [1.807, 2.05) is 0 Å². The molecule has 0 aliphatic carbocycles. The smallest absolute Gasteiger partial charge is 1.00 e. The van der Waals surface area contributed by atoms with Gasteiger partial charge in [-0.15, -0.1) is 24.8 Å². The molecule has 0 spiro atoms. The second kappa shape index (κ2) is 14.4. The Bertz CT molecular complexity index is 162. The fourth-order valence-corrected chi connectivity index (χ4v) is 0.373. The first-order valence-electron chi connectivity index (χ1n) is 2.71. The van der Waals surface area contributed by atoms with Crippen LogP contribution in [0.4, 0.5) is 0 Å². The topological polar surface area (TPSA) is 57.4 Å². The van der Waals surface area contributed by atoms with Crippen LogP contribution >= 0.6 is 0 Å². The maximum absolute atomic E-state index is 3.54. The summed E-state index contributed by atoms with van der Waals surface area (Å²) in [4.78, 5) is 12.3. The molecule has 0 aliphatic rings. The fraction of sp³-hybridized carbons (Fsp3) is 0. The third-order valence-corrected chi connectivity index (χ3v) is 0.723. The van der Waals surface area contributed by atoms with Crippen LogP contribution in [0.5, 0.6) is 0 Å². The molecule has 2 heterocycles. The molecule has 0 saturated carbocycles. The number of halogens is 2. The number of hydrogen-bond donors (Lipinski definition) is 2. The number of nitrogens with zero attached hydrogens (tertiary/aromatic N) is 2. The second-order valence-electron chi connectivity index (χ2n) is 1.40. The van der Waals surface area contributed by atoms with Gasteiger partial charge in [0.2, 0.25) is 0 Å². The molecule has 13 heavy (non-hydrogen) atoms. The van der Waals surface area contributed by atoms with Crippen molar-refractivity contribution in [3.05, 3.63) is 37.4 Å². The Morgan fingerprint density at radius 3 is 1.31 bits per heavy atom. The van der Waals surface area contributed by atoms with Gasteiger partial charge in [0.15, 0.2) is 0 Å². The van der Waals surface area contributed by atoms with E-state index in [1.54, 1.807) is 24.8 Å². The van der Waals surface area contributed by atoms with Crippen molar-refractivity contribution >= 4 is 0 Å². The van der Waals surface area contributed by atoms with E-state index in [1.165, 1.54) is 0 Å². The standard InChI is InChI=1S/2C3H3N2.2ClH.Hf/c2*1-2-5-3-4-1;;;/h2*1-2H,(H,4,5);2*1H;/q2*-1;;;+4/p-2. The summed E-state index contributed by atoms with van der Waals surface area (Å²) in [6.45, 7) is 0. The molecule has 0 fully saturated rings. The van der Waals surface area contributed by atoms with Crippen molar-refractivity contribution in [2.45, 2.75) is 0 Å². The molecule has 2 N–H and O–H groups in total. The summed E-state index contributed by atoms with van der Waals surface area (Å²) in [7, 11) is 0. The minimum Gasteiger partial charge on any atom is -1.00 e. The van der Waals surface area contributed by atoms with Gasteiger partial charge in [0.1, 0.15) is 0 Å². The van der Waals surface area contributed by atoms with E-state index in [0.717, 1.165) is 0 Å². The molecular formula is C6H6Cl2HfN4. The maximum Gasteiger partial charge on any atom is 4.00 e. The van der Waals surface area contributed by atoms with Gasteiger partial charge in [-0.3, -0.25) is 0 Å². The monoisotopic (exact) mass is 384 g/mol. The van der Waals surface area contributed by atoms with Crippen LogP contribution in [0.1, 0.15) is 0 Å². The SMILES string of the molecule is [Cl-].[Cl-].[Hf+4].[c-]1ncc[nH]1.[c-]1ncc[nH]1. The fourth-order valence-electron chi connectivity index (χ4n) is 0.373. The van der Waals surface area contributed by atoms with Crippen LogP contribution in [0.3, 0.4) is 0 Å². The van der Waals surface area contributed by atoms with Crippen LogP contribution in [0.2, 0.25) is 0 Å². The van der Waals surface area contributed by atoms with Crippen molar-refractivity contribution in [3.63, 3.8) is 0 Å². The van der Waals surface area contributed by atoms with Gasteiger partial charge in [-0.25, -0.2) is 0 Å². The Labute approximate surface area is 108 Å². The minimum absolute atomic E-state index is 0. The predicted octanol–water partition coefficient (Wildman–Crippen LogP) is -5.57. The van der Waals surface area contributed by atoms with Crippen LogP contribution in [-0.2, 0) is 25.8 Å². The molecule has 2 rings (SSSR count). The molecule has 0 aromatic carbocycles. The average molecular weight is 384 g/mol. The molecule has 2 aromatic rings. The van der Waals surface area contributed by atoms with E-state index in [-0.39, 0.29) is 50.7 Å². The first kappa shape index (κ1) is 18.6. The number of H-pyrrole nitrogens is 2. The Hall–Kier alpha value is -0.130. The van der Waals surface area contributed by atoms with E-state index >= 15 is 0 Å². The third-order valence-electron chi connectivity index (χ3n) is 0.723. The third kappa shape index (κ3) is 11.9. The molecule has 0 bridgehead atoms. The number of nitrogens with one attached hydrogen (secondary N) is 2. The molecule has 0 saturated heterocycles. The van der Waals surface area contributed by atoms with E-state index in [4.69, 9.17) is 0 Å². The summed E-state index contributed by atoms with van der Waals surface area (Å²) in [6.07, 6.45) is 11.7. The molecule has 4 nitrogen and oxygen atoms in total. The zero-order chi connectivity index (χ0) is 7.07. The van der Waals surface area contributed by atoms with Gasteiger partial charge < -0.3 is 44.7 Å². The molecule has 0 unspecified atom stereocenters. The summed E-state index contributed by atoms with van der Waals surface area (Å²) >= 11 is 0. The molecule has 0 atom stereocenters. The van der Waals surface area contributed by atoms with Gasteiger partial charge in [-0.05, 0) is 12.7 Å². The van der Waals surface area contributed by atoms with Crippen molar-refractivity contribution in [1.29, 1.82) is 0 Å². The minimum atomic E-state index is 0. The Morgan fingerprint density at radius 1 is 0.846 bits per heavy atom. The molecule has 68 valence electrons. The summed E-state index contributed by atoms with van der Waals surface area (Å²) < 4.78 is 0. The van der Waals surface area contributed by atoms with Crippen LogP contribution < -0.4 is 24.8 Å². The maximum atomic E-state index is 3.54. The number of aromatic nitrogens is 4. The van der Waals surface area contributed by atoms with Crippen molar-refractivity contribution in [3.8, 4) is 0 Å². The van der Waals surface area contributed by atoms with Gasteiger partial charge in [0.05, 0.1) is 0 Å². The van der Waals surface area contributed by atoms with Crippen molar-refractivity contribution < 1.29 is 50.7 Å². The quantitative estimate of drug-likeness (QED) is 0.352. The second-order valence-corrected chi connectivity index (χ2v) is 1.40. The summed E-state index contributed by atoms with van der Waals surface area (Å²) in [5.41, 5.74) is 0. The molecule has 0 radical (unpaired) electrons. The van der Waals surface area contributed by atoms with Gasteiger partial charge in [-0.1, -0.05) is 0 Å². The van der Waals surface area contributed by atoms with Crippen LogP contribution in [-0.4, -0.2) is 19.9 Å². The molecular weight excluding hydrogens is 377 g/mol. The zero-order valence-corrected chi connectivity index (χ0v) is 11.6. The predicted molar refractivity (Wildman–Crippen MR) is 34.8 cm³/mol. The Balaban J connectivity index is -0.000000125. The molecule has 7 heteroatoms. The summed E-state index contributed by atoms with van der Waals surface area (Å²) in [6, 6.07) is 0. The Kier molecular flexibility index (Phi) is 20.6. The van der Waals surface area contributed by atoms with Gasteiger partial charge in [0, 0.05) is 0 Å². The average Bonchev–Trinajstić information content (AvgIpc) is 2.67. The molecule has 0 aliphatic heterocycles. The number of imidazole rings is 2. The van der Waals surface area contributed by atoms with Crippen LogP contribution in [0.15, 0.2) is 24.8 Å². The van der Waals surface area contributed by atoms with E-state index in [0.29, 0.717) is 0 Å². The van der Waals surface area contributed by atoms with E-state index < -0.39 is 0 Å². The largest absolute Gasteiger partial charge is 4.00 e. The number of rotatable bonds is 0. The van der Waals surface area contributed by atoms with Crippen molar-refractivity contribution in [1.82, 2.24) is 19.9 Å². The zero-order valence-electron chi connectivity index (χ0n) is 6.46. The van der Waals surface area contributed by atoms with Gasteiger partial charge in [-0.2, -0.15) is 0 Å². The molecule has 2 aromatic heterocycles. The first-order chi connectivity index (χ1) is 5.00. The van der Waals surface area contributed by atoms with Crippen molar-refractivity contribution in [2.24, 2.45) is 0 Å². The van der Waals surface area contributed by atoms with Gasteiger partial charge in [0.25, 0.3) is 0 Å². The van der Waals surface area contributed by atoms with Gasteiger partial charge >= 0.3 is 25.8 Å². The number of aromatic amines is 2. The van der Waals surface area contributed by atoms with Crippen LogP contribution in [0, 0.1) is 12.7 Å². The van der Waals surface area contributed by atoms with Crippen molar-refractivity contribution in [2.75, 3.05) is 0 Å². The number of hydrogen-bond acceptors (Lipinski definition) is 2. The Morgan fingerprint density at radius 2 is 1.23 bits per heavy atom. The van der Waals surface area contributed by atoms with Crippen LogP contribution in [0.25, 0.3) is 0 Å². The van der Waals surface area contributed by atoms with E-state index in [9.17, 15) is 0 Å².